The van der Waals surface area contributed by atoms with Gasteiger partial charge in [0, 0.05) is 3.57 Å². The molecule has 0 N–H and O–H groups in total. The van der Waals surface area contributed by atoms with Crippen LogP contribution in [-0.2, 0) is 4.84 Å². The standard InChI is InChI=1S/C11H11IN2O/c1-8(14-15-2)10(7-13)9-5-3-4-6-11(9)12/h3-6,10H,1-2H3/b14-8+. The summed E-state index contributed by atoms with van der Waals surface area (Å²) in [4.78, 5) is 4.68. The summed E-state index contributed by atoms with van der Waals surface area (Å²) in [5, 5.41) is 12.9. The molecule has 4 heteroatoms. The maximum absolute atomic E-state index is 9.11. The van der Waals surface area contributed by atoms with E-state index in [9.17, 15) is 0 Å². The summed E-state index contributed by atoms with van der Waals surface area (Å²) in [6.45, 7) is 1.79. The van der Waals surface area contributed by atoms with E-state index in [2.05, 4.69) is 38.7 Å². The predicted molar refractivity (Wildman–Crippen MR) is 67.6 cm³/mol. The highest BCUT2D eigenvalue weighted by molar-refractivity contribution is 14.1. The third-order valence-corrected chi connectivity index (χ3v) is 2.98. The van der Waals surface area contributed by atoms with Gasteiger partial charge in [-0.15, -0.1) is 0 Å². The smallest absolute Gasteiger partial charge is 0.113 e. The fourth-order valence-electron chi connectivity index (χ4n) is 1.29. The van der Waals surface area contributed by atoms with Gasteiger partial charge in [-0.2, -0.15) is 5.26 Å². The Morgan fingerprint density at radius 3 is 2.73 bits per heavy atom. The zero-order chi connectivity index (χ0) is 11.3. The molecular formula is C11H11IN2O. The lowest BCUT2D eigenvalue weighted by atomic mass is 9.97. The Bertz CT molecular complexity index is 409. The molecule has 78 valence electrons. The van der Waals surface area contributed by atoms with Crippen LogP contribution in [0, 0.1) is 14.9 Å². The molecule has 1 aromatic rings. The summed E-state index contributed by atoms with van der Waals surface area (Å²) >= 11 is 2.21. The van der Waals surface area contributed by atoms with Crippen LogP contribution in [0.2, 0.25) is 0 Å². The van der Waals surface area contributed by atoms with Crippen LogP contribution in [0.4, 0.5) is 0 Å². The first kappa shape index (κ1) is 12.0. The number of rotatable bonds is 3. The van der Waals surface area contributed by atoms with Crippen LogP contribution in [-0.4, -0.2) is 12.8 Å². The Kier molecular flexibility index (Phi) is 4.56. The molecule has 3 nitrogen and oxygen atoms in total. The van der Waals surface area contributed by atoms with E-state index in [4.69, 9.17) is 5.26 Å². The quantitative estimate of drug-likeness (QED) is 0.489. The molecule has 1 unspecified atom stereocenters. The average Bonchev–Trinajstić information content (AvgIpc) is 2.22. The van der Waals surface area contributed by atoms with Crippen molar-refractivity contribution in [1.29, 1.82) is 5.26 Å². The van der Waals surface area contributed by atoms with E-state index in [0.29, 0.717) is 5.71 Å². The van der Waals surface area contributed by atoms with E-state index < -0.39 is 0 Å². The van der Waals surface area contributed by atoms with E-state index in [1.165, 1.54) is 7.11 Å². The van der Waals surface area contributed by atoms with Gasteiger partial charge < -0.3 is 4.84 Å². The van der Waals surface area contributed by atoms with Gasteiger partial charge in [0.05, 0.1) is 11.8 Å². The van der Waals surface area contributed by atoms with Crippen molar-refractivity contribution in [3.63, 3.8) is 0 Å². The zero-order valence-corrected chi connectivity index (χ0v) is 10.7. The van der Waals surface area contributed by atoms with Crippen molar-refractivity contribution in [1.82, 2.24) is 0 Å². The summed E-state index contributed by atoms with van der Waals surface area (Å²) in [6, 6.07) is 10.0. The van der Waals surface area contributed by atoms with Crippen LogP contribution in [0.3, 0.4) is 0 Å². The number of hydrogen-bond acceptors (Lipinski definition) is 3. The third-order valence-electron chi connectivity index (χ3n) is 2.00. The van der Waals surface area contributed by atoms with Crippen molar-refractivity contribution in [3.05, 3.63) is 33.4 Å². The maximum atomic E-state index is 9.11. The van der Waals surface area contributed by atoms with Crippen LogP contribution >= 0.6 is 22.6 Å². The SMILES string of the molecule is CO/N=C(\C)C(C#N)c1ccccc1I. The second-order valence-corrected chi connectivity index (χ2v) is 4.16. The molecule has 0 amide bonds. The number of benzene rings is 1. The minimum atomic E-state index is -0.335. The third kappa shape index (κ3) is 2.93. The Hall–Kier alpha value is -1.09. The van der Waals surface area contributed by atoms with Crippen molar-refractivity contribution in [2.24, 2.45) is 5.16 Å². The topological polar surface area (TPSA) is 45.4 Å². The van der Waals surface area contributed by atoms with Crippen molar-refractivity contribution in [3.8, 4) is 6.07 Å². The van der Waals surface area contributed by atoms with Gasteiger partial charge >= 0.3 is 0 Å². The van der Waals surface area contributed by atoms with E-state index in [1.54, 1.807) is 6.92 Å². The average molecular weight is 314 g/mol. The molecule has 15 heavy (non-hydrogen) atoms. The van der Waals surface area contributed by atoms with E-state index >= 15 is 0 Å². The van der Waals surface area contributed by atoms with Crippen LogP contribution in [0.15, 0.2) is 29.4 Å². The van der Waals surface area contributed by atoms with Crippen molar-refractivity contribution >= 4 is 28.3 Å². The molecule has 0 bridgehead atoms. The molecule has 1 aromatic carbocycles. The Balaban J connectivity index is 3.10. The molecule has 0 aromatic heterocycles. The highest BCUT2D eigenvalue weighted by Gasteiger charge is 2.16. The molecule has 0 saturated heterocycles. The summed E-state index contributed by atoms with van der Waals surface area (Å²) in [6.07, 6.45) is 0. The minimum absolute atomic E-state index is 0.335. The highest BCUT2D eigenvalue weighted by atomic mass is 127. The van der Waals surface area contributed by atoms with E-state index in [1.807, 2.05) is 24.3 Å². The fraction of sp³-hybridized carbons (Fsp3) is 0.273. The Morgan fingerprint density at radius 1 is 1.53 bits per heavy atom. The first-order valence-corrected chi connectivity index (χ1v) is 5.50. The molecule has 0 spiro atoms. The van der Waals surface area contributed by atoms with Crippen LogP contribution in [0.1, 0.15) is 18.4 Å². The number of nitrogens with zero attached hydrogens (tertiary/aromatic N) is 2. The lowest BCUT2D eigenvalue weighted by Crippen LogP contribution is -2.09. The van der Waals surface area contributed by atoms with Crippen LogP contribution in [0.5, 0.6) is 0 Å². The van der Waals surface area contributed by atoms with Gasteiger partial charge in [0.25, 0.3) is 0 Å². The lowest BCUT2D eigenvalue weighted by molar-refractivity contribution is 0.212. The lowest BCUT2D eigenvalue weighted by Gasteiger charge is -2.10. The molecule has 0 fully saturated rings. The number of hydrogen-bond donors (Lipinski definition) is 0. The van der Waals surface area contributed by atoms with Gasteiger partial charge in [-0.05, 0) is 41.1 Å². The Morgan fingerprint density at radius 2 is 2.20 bits per heavy atom. The van der Waals surface area contributed by atoms with Gasteiger partial charge in [0.1, 0.15) is 13.0 Å². The maximum Gasteiger partial charge on any atom is 0.113 e. The van der Waals surface area contributed by atoms with Crippen molar-refractivity contribution < 1.29 is 4.84 Å². The van der Waals surface area contributed by atoms with Gasteiger partial charge in [-0.25, -0.2) is 0 Å². The molecule has 1 rings (SSSR count). The molecule has 1 atom stereocenters. The molecule has 0 saturated carbocycles. The Labute approximate surface area is 103 Å². The predicted octanol–water partition coefficient (Wildman–Crippen LogP) is 2.92. The number of halogens is 1. The molecular weight excluding hydrogens is 303 g/mol. The normalized spacial score (nSPS) is 13.1. The van der Waals surface area contributed by atoms with Crippen molar-refractivity contribution in [2.45, 2.75) is 12.8 Å². The zero-order valence-electron chi connectivity index (χ0n) is 8.57. The summed E-state index contributed by atoms with van der Waals surface area (Å²) in [7, 11) is 1.48. The van der Waals surface area contributed by atoms with Gasteiger partial charge in [-0.1, -0.05) is 23.4 Å². The largest absolute Gasteiger partial charge is 0.399 e. The summed E-state index contributed by atoms with van der Waals surface area (Å²) in [5.41, 5.74) is 1.64. The first-order chi connectivity index (χ1) is 7.20. The molecule has 0 radical (unpaired) electrons. The fourth-order valence-corrected chi connectivity index (χ4v) is 1.99. The summed E-state index contributed by atoms with van der Waals surface area (Å²) in [5.74, 6) is -0.335. The molecule has 0 aliphatic carbocycles. The van der Waals surface area contributed by atoms with Gasteiger partial charge in [-0.3, -0.25) is 0 Å². The van der Waals surface area contributed by atoms with Crippen LogP contribution in [0.25, 0.3) is 0 Å². The van der Waals surface area contributed by atoms with E-state index in [0.717, 1.165) is 9.13 Å². The van der Waals surface area contributed by atoms with Crippen LogP contribution < -0.4 is 0 Å². The number of nitriles is 1. The highest BCUT2D eigenvalue weighted by Crippen LogP contribution is 2.22. The number of oxime groups is 1. The second kappa shape index (κ2) is 5.71. The van der Waals surface area contributed by atoms with E-state index in [-0.39, 0.29) is 5.92 Å². The summed E-state index contributed by atoms with van der Waals surface area (Å²) < 4.78 is 1.06. The second-order valence-electron chi connectivity index (χ2n) is 3.00. The molecule has 0 aliphatic heterocycles. The molecule has 0 aliphatic rings. The monoisotopic (exact) mass is 314 g/mol. The van der Waals surface area contributed by atoms with Gasteiger partial charge in [0.15, 0.2) is 0 Å². The van der Waals surface area contributed by atoms with Crippen molar-refractivity contribution in [2.75, 3.05) is 7.11 Å². The minimum Gasteiger partial charge on any atom is -0.399 e. The molecule has 0 heterocycles. The first-order valence-electron chi connectivity index (χ1n) is 4.42. The van der Waals surface area contributed by atoms with Gasteiger partial charge in [0.2, 0.25) is 0 Å².